The third-order valence-corrected chi connectivity index (χ3v) is 3.87. The van der Waals surface area contributed by atoms with Gasteiger partial charge < -0.3 is 10.1 Å². The largest absolute Gasteiger partial charge is 0.381 e. The second-order valence-corrected chi connectivity index (χ2v) is 6.08. The van der Waals surface area contributed by atoms with E-state index in [4.69, 9.17) is 4.74 Å². The summed E-state index contributed by atoms with van der Waals surface area (Å²) in [7, 11) is 0. The topological polar surface area (TPSA) is 21.3 Å². The van der Waals surface area contributed by atoms with Crippen LogP contribution in [0.4, 0.5) is 0 Å². The summed E-state index contributed by atoms with van der Waals surface area (Å²) >= 11 is 0. The molecule has 0 aromatic carbocycles. The van der Waals surface area contributed by atoms with Gasteiger partial charge in [0.15, 0.2) is 0 Å². The second-order valence-electron chi connectivity index (χ2n) is 6.08. The van der Waals surface area contributed by atoms with Crippen LogP contribution >= 0.6 is 0 Å². The Labute approximate surface area is 108 Å². The van der Waals surface area contributed by atoms with Crippen LogP contribution in [-0.4, -0.2) is 25.8 Å². The van der Waals surface area contributed by atoms with Crippen molar-refractivity contribution in [3.8, 4) is 0 Å². The summed E-state index contributed by atoms with van der Waals surface area (Å²) in [6, 6.07) is 0.603. The smallest absolute Gasteiger partial charge is 0.0497 e. The van der Waals surface area contributed by atoms with Gasteiger partial charge in [-0.3, -0.25) is 0 Å². The van der Waals surface area contributed by atoms with E-state index < -0.39 is 0 Å². The van der Waals surface area contributed by atoms with Crippen LogP contribution in [0, 0.1) is 17.8 Å². The summed E-state index contributed by atoms with van der Waals surface area (Å²) in [6.45, 7) is 12.1. The van der Waals surface area contributed by atoms with Gasteiger partial charge >= 0.3 is 0 Å². The van der Waals surface area contributed by atoms with Crippen molar-refractivity contribution in [2.24, 2.45) is 17.8 Å². The number of nitrogens with one attached hydrogen (secondary N) is 1. The molecule has 1 fully saturated rings. The average molecular weight is 241 g/mol. The molecule has 2 heteroatoms. The highest BCUT2D eigenvalue weighted by atomic mass is 16.5. The second kappa shape index (κ2) is 8.10. The van der Waals surface area contributed by atoms with E-state index in [0.29, 0.717) is 6.04 Å². The lowest BCUT2D eigenvalue weighted by Crippen LogP contribution is -2.37. The van der Waals surface area contributed by atoms with Crippen molar-refractivity contribution < 1.29 is 4.74 Å². The Balaban J connectivity index is 2.35. The molecule has 0 spiro atoms. The fourth-order valence-corrected chi connectivity index (χ4v) is 2.80. The van der Waals surface area contributed by atoms with Crippen molar-refractivity contribution in [1.82, 2.24) is 5.32 Å². The van der Waals surface area contributed by atoms with Crippen LogP contribution in [0.15, 0.2) is 0 Å². The first-order chi connectivity index (χ1) is 8.13. The first kappa shape index (κ1) is 15.0. The Kier molecular flexibility index (Phi) is 7.14. The Hall–Kier alpha value is -0.0800. The standard InChI is InChI=1S/C15H31NO/c1-5-8-17-11-15-9-13(4)6-7-14(15)10-16-12(2)3/h12-16H,5-11H2,1-4H3. The molecular formula is C15H31NO. The first-order valence-corrected chi connectivity index (χ1v) is 7.44. The lowest BCUT2D eigenvalue weighted by molar-refractivity contribution is 0.0469. The van der Waals surface area contributed by atoms with Gasteiger partial charge in [-0.25, -0.2) is 0 Å². The molecule has 1 aliphatic carbocycles. The minimum Gasteiger partial charge on any atom is -0.381 e. The maximum Gasteiger partial charge on any atom is 0.0497 e. The van der Waals surface area contributed by atoms with Crippen molar-refractivity contribution in [3.63, 3.8) is 0 Å². The van der Waals surface area contributed by atoms with Crippen molar-refractivity contribution in [2.75, 3.05) is 19.8 Å². The third-order valence-electron chi connectivity index (χ3n) is 3.87. The summed E-state index contributed by atoms with van der Waals surface area (Å²) < 4.78 is 5.78. The molecule has 0 saturated heterocycles. The van der Waals surface area contributed by atoms with E-state index in [-0.39, 0.29) is 0 Å². The number of ether oxygens (including phenoxy) is 1. The molecule has 17 heavy (non-hydrogen) atoms. The normalized spacial score (nSPS) is 29.8. The molecule has 1 N–H and O–H groups in total. The van der Waals surface area contributed by atoms with Gasteiger partial charge in [0.1, 0.15) is 0 Å². The van der Waals surface area contributed by atoms with Crippen molar-refractivity contribution >= 4 is 0 Å². The van der Waals surface area contributed by atoms with E-state index in [1.807, 2.05) is 0 Å². The first-order valence-electron chi connectivity index (χ1n) is 7.44. The zero-order valence-corrected chi connectivity index (χ0v) is 12.2. The van der Waals surface area contributed by atoms with Crippen LogP contribution < -0.4 is 5.32 Å². The van der Waals surface area contributed by atoms with Crippen molar-refractivity contribution in [2.45, 2.75) is 59.4 Å². The van der Waals surface area contributed by atoms with Crippen LogP contribution in [-0.2, 0) is 4.74 Å². The van der Waals surface area contributed by atoms with Crippen LogP contribution in [0.3, 0.4) is 0 Å². The fourth-order valence-electron chi connectivity index (χ4n) is 2.80. The van der Waals surface area contributed by atoms with Gasteiger partial charge in [0.25, 0.3) is 0 Å². The van der Waals surface area contributed by atoms with E-state index >= 15 is 0 Å². The van der Waals surface area contributed by atoms with Gasteiger partial charge in [-0.1, -0.05) is 34.1 Å². The molecule has 0 aromatic rings. The average Bonchev–Trinajstić information content (AvgIpc) is 2.28. The molecule has 1 aliphatic rings. The maximum absolute atomic E-state index is 5.78. The monoisotopic (exact) mass is 241 g/mol. The summed E-state index contributed by atoms with van der Waals surface area (Å²) in [4.78, 5) is 0. The van der Waals surface area contributed by atoms with E-state index in [1.54, 1.807) is 0 Å². The Morgan fingerprint density at radius 2 is 2.00 bits per heavy atom. The molecule has 102 valence electrons. The molecule has 0 amide bonds. The molecule has 0 aliphatic heterocycles. The highest BCUT2D eigenvalue weighted by molar-refractivity contribution is 4.80. The van der Waals surface area contributed by atoms with Gasteiger partial charge in [-0.2, -0.15) is 0 Å². The van der Waals surface area contributed by atoms with Crippen LogP contribution in [0.5, 0.6) is 0 Å². The summed E-state index contributed by atoms with van der Waals surface area (Å²) in [5.41, 5.74) is 0. The molecule has 1 rings (SSSR count). The third kappa shape index (κ3) is 5.87. The Morgan fingerprint density at radius 3 is 2.65 bits per heavy atom. The van der Waals surface area contributed by atoms with Gasteiger partial charge in [-0.05, 0) is 43.6 Å². The summed E-state index contributed by atoms with van der Waals surface area (Å²) in [5, 5.41) is 3.59. The lowest BCUT2D eigenvalue weighted by Gasteiger charge is -2.35. The zero-order chi connectivity index (χ0) is 12.7. The molecule has 2 nitrogen and oxygen atoms in total. The number of hydrogen-bond donors (Lipinski definition) is 1. The molecule has 0 radical (unpaired) electrons. The molecule has 0 aromatic heterocycles. The zero-order valence-electron chi connectivity index (χ0n) is 12.2. The summed E-state index contributed by atoms with van der Waals surface area (Å²) in [6.07, 6.45) is 5.26. The van der Waals surface area contributed by atoms with E-state index in [0.717, 1.165) is 37.4 Å². The maximum atomic E-state index is 5.78. The van der Waals surface area contributed by atoms with E-state index in [1.165, 1.54) is 25.8 Å². The van der Waals surface area contributed by atoms with Gasteiger partial charge in [0, 0.05) is 19.3 Å². The van der Waals surface area contributed by atoms with Crippen LogP contribution in [0.1, 0.15) is 53.4 Å². The van der Waals surface area contributed by atoms with Crippen molar-refractivity contribution in [3.05, 3.63) is 0 Å². The number of rotatable bonds is 7. The van der Waals surface area contributed by atoms with Crippen LogP contribution in [0.25, 0.3) is 0 Å². The summed E-state index contributed by atoms with van der Waals surface area (Å²) in [5.74, 6) is 2.49. The molecule has 0 bridgehead atoms. The SMILES string of the molecule is CCCOCC1CC(C)CCC1CNC(C)C. The minimum atomic E-state index is 0.603. The molecule has 0 heterocycles. The fraction of sp³-hybridized carbons (Fsp3) is 1.00. The van der Waals surface area contributed by atoms with Gasteiger partial charge in [-0.15, -0.1) is 0 Å². The molecule has 1 saturated carbocycles. The lowest BCUT2D eigenvalue weighted by atomic mass is 9.75. The molecule has 3 unspecified atom stereocenters. The van der Waals surface area contributed by atoms with Crippen LogP contribution in [0.2, 0.25) is 0 Å². The predicted octanol–water partition coefficient (Wildman–Crippen LogP) is 3.46. The Morgan fingerprint density at radius 1 is 1.24 bits per heavy atom. The quantitative estimate of drug-likeness (QED) is 0.689. The van der Waals surface area contributed by atoms with Crippen molar-refractivity contribution in [1.29, 1.82) is 0 Å². The van der Waals surface area contributed by atoms with Gasteiger partial charge in [0.05, 0.1) is 0 Å². The number of hydrogen-bond acceptors (Lipinski definition) is 2. The van der Waals surface area contributed by atoms with Gasteiger partial charge in [0.2, 0.25) is 0 Å². The predicted molar refractivity (Wildman–Crippen MR) is 74.2 cm³/mol. The molecular weight excluding hydrogens is 210 g/mol. The van der Waals surface area contributed by atoms with E-state index in [9.17, 15) is 0 Å². The highest BCUT2D eigenvalue weighted by Crippen LogP contribution is 2.33. The minimum absolute atomic E-state index is 0.603. The Bertz CT molecular complexity index is 193. The molecule has 3 atom stereocenters. The highest BCUT2D eigenvalue weighted by Gasteiger charge is 2.28. The van der Waals surface area contributed by atoms with E-state index in [2.05, 4.69) is 33.0 Å².